The lowest BCUT2D eigenvalue weighted by molar-refractivity contribution is 0.656. The molecular weight excluding hydrogens is 212 g/mol. The van der Waals surface area contributed by atoms with Gasteiger partial charge in [0.2, 0.25) is 0 Å². The largest absolute Gasteiger partial charge is 0.141 e. The molecule has 0 aliphatic heterocycles. The van der Waals surface area contributed by atoms with Gasteiger partial charge in [0, 0.05) is 9.75 Å². The van der Waals surface area contributed by atoms with Gasteiger partial charge in [-0.2, -0.15) is 0 Å². The smallest absolute Gasteiger partial charge is 0.0269 e. The SMILES string of the molecule is C/C=C/c1ccc(C)s1.CCCCCCC. The summed E-state index contributed by atoms with van der Waals surface area (Å²) in [7, 11) is 0. The Morgan fingerprint density at radius 1 is 1.06 bits per heavy atom. The minimum Gasteiger partial charge on any atom is -0.141 e. The maximum absolute atomic E-state index is 2.25. The maximum atomic E-state index is 2.25. The Balaban J connectivity index is 0.000000293. The van der Waals surface area contributed by atoms with E-state index in [1.807, 2.05) is 18.3 Å². The third-order valence-electron chi connectivity index (χ3n) is 2.30. The molecule has 0 amide bonds. The quantitative estimate of drug-likeness (QED) is 0.546. The average Bonchev–Trinajstić information content (AvgIpc) is 2.67. The second-order valence-corrected chi connectivity index (χ2v) is 5.33. The highest BCUT2D eigenvalue weighted by Gasteiger charge is 1.88. The Hall–Kier alpha value is -0.560. The summed E-state index contributed by atoms with van der Waals surface area (Å²) in [6, 6.07) is 4.28. The van der Waals surface area contributed by atoms with E-state index < -0.39 is 0 Å². The van der Waals surface area contributed by atoms with Crippen molar-refractivity contribution in [3.8, 4) is 0 Å². The van der Waals surface area contributed by atoms with Gasteiger partial charge in [-0.1, -0.05) is 52.0 Å². The zero-order chi connectivity index (χ0) is 12.2. The molecule has 0 nitrogen and oxygen atoms in total. The molecule has 1 rings (SSSR count). The summed E-state index contributed by atoms with van der Waals surface area (Å²) >= 11 is 1.83. The van der Waals surface area contributed by atoms with Crippen LogP contribution < -0.4 is 0 Å². The van der Waals surface area contributed by atoms with Crippen molar-refractivity contribution in [1.82, 2.24) is 0 Å². The molecule has 0 saturated heterocycles. The van der Waals surface area contributed by atoms with Crippen molar-refractivity contribution in [2.75, 3.05) is 0 Å². The number of rotatable bonds is 5. The van der Waals surface area contributed by atoms with E-state index in [-0.39, 0.29) is 0 Å². The normalized spacial score (nSPS) is 10.2. The van der Waals surface area contributed by atoms with Crippen molar-refractivity contribution >= 4 is 17.4 Å². The van der Waals surface area contributed by atoms with Crippen molar-refractivity contribution in [3.63, 3.8) is 0 Å². The van der Waals surface area contributed by atoms with Gasteiger partial charge in [0.25, 0.3) is 0 Å². The molecule has 1 aromatic rings. The Morgan fingerprint density at radius 2 is 1.69 bits per heavy atom. The lowest BCUT2D eigenvalue weighted by Gasteiger charge is -1.90. The minimum absolute atomic E-state index is 1.34. The molecule has 1 heteroatoms. The van der Waals surface area contributed by atoms with E-state index in [4.69, 9.17) is 0 Å². The summed E-state index contributed by atoms with van der Waals surface area (Å²) in [5.74, 6) is 0. The van der Waals surface area contributed by atoms with E-state index >= 15 is 0 Å². The van der Waals surface area contributed by atoms with Crippen LogP contribution in [-0.4, -0.2) is 0 Å². The van der Waals surface area contributed by atoms with Crippen molar-refractivity contribution < 1.29 is 0 Å². The van der Waals surface area contributed by atoms with Crippen LogP contribution >= 0.6 is 11.3 Å². The fourth-order valence-electron chi connectivity index (χ4n) is 1.38. The number of hydrogen-bond acceptors (Lipinski definition) is 1. The van der Waals surface area contributed by atoms with Crippen LogP contribution in [0.25, 0.3) is 6.08 Å². The minimum atomic E-state index is 1.34. The molecule has 0 unspecified atom stereocenters. The number of aryl methyl sites for hydroxylation is 1. The first-order chi connectivity index (χ1) is 7.74. The first-order valence-electron chi connectivity index (χ1n) is 6.43. The molecular formula is C15H26S. The van der Waals surface area contributed by atoms with Crippen LogP contribution in [0.1, 0.15) is 62.6 Å². The Bertz CT molecular complexity index is 267. The van der Waals surface area contributed by atoms with E-state index in [2.05, 4.69) is 45.1 Å². The molecule has 0 spiro atoms. The lowest BCUT2D eigenvalue weighted by atomic mass is 10.2. The molecule has 0 bridgehead atoms. The second-order valence-electron chi connectivity index (χ2n) is 4.01. The van der Waals surface area contributed by atoms with Crippen LogP contribution in [0.5, 0.6) is 0 Å². The molecule has 0 fully saturated rings. The molecule has 1 heterocycles. The van der Waals surface area contributed by atoms with E-state index in [0.717, 1.165) is 0 Å². The molecule has 0 aromatic carbocycles. The molecule has 0 radical (unpaired) electrons. The zero-order valence-electron chi connectivity index (χ0n) is 11.3. The first-order valence-corrected chi connectivity index (χ1v) is 7.25. The summed E-state index contributed by atoms with van der Waals surface area (Å²) < 4.78 is 0. The lowest BCUT2D eigenvalue weighted by Crippen LogP contribution is -1.70. The van der Waals surface area contributed by atoms with Gasteiger partial charge in [-0.15, -0.1) is 11.3 Å². The topological polar surface area (TPSA) is 0 Å². The molecule has 16 heavy (non-hydrogen) atoms. The molecule has 92 valence electrons. The van der Waals surface area contributed by atoms with Crippen LogP contribution in [-0.2, 0) is 0 Å². The third kappa shape index (κ3) is 8.72. The predicted molar refractivity (Wildman–Crippen MR) is 78.2 cm³/mol. The van der Waals surface area contributed by atoms with E-state index in [1.165, 1.54) is 41.9 Å². The molecule has 0 saturated carbocycles. The fraction of sp³-hybridized carbons (Fsp3) is 0.600. The van der Waals surface area contributed by atoms with Crippen LogP contribution in [0.2, 0.25) is 0 Å². The first kappa shape index (κ1) is 15.4. The van der Waals surface area contributed by atoms with Crippen molar-refractivity contribution in [2.24, 2.45) is 0 Å². The molecule has 0 N–H and O–H groups in total. The highest BCUT2D eigenvalue weighted by molar-refractivity contribution is 7.12. The van der Waals surface area contributed by atoms with Gasteiger partial charge >= 0.3 is 0 Å². The van der Waals surface area contributed by atoms with Crippen LogP contribution in [0.3, 0.4) is 0 Å². The molecule has 0 aliphatic rings. The monoisotopic (exact) mass is 238 g/mol. The highest BCUT2D eigenvalue weighted by atomic mass is 32.1. The Morgan fingerprint density at radius 3 is 2.06 bits per heavy atom. The van der Waals surface area contributed by atoms with Gasteiger partial charge < -0.3 is 0 Å². The van der Waals surface area contributed by atoms with Crippen molar-refractivity contribution in [1.29, 1.82) is 0 Å². The fourth-order valence-corrected chi connectivity index (χ4v) is 2.23. The van der Waals surface area contributed by atoms with E-state index in [0.29, 0.717) is 0 Å². The van der Waals surface area contributed by atoms with Gasteiger partial charge in [0.1, 0.15) is 0 Å². The van der Waals surface area contributed by atoms with Gasteiger partial charge in [0.15, 0.2) is 0 Å². The number of thiophene rings is 1. The molecule has 0 aliphatic carbocycles. The second kappa shape index (κ2) is 10.9. The van der Waals surface area contributed by atoms with E-state index in [9.17, 15) is 0 Å². The van der Waals surface area contributed by atoms with Crippen LogP contribution in [0.4, 0.5) is 0 Å². The summed E-state index contributed by atoms with van der Waals surface area (Å²) in [6.07, 6.45) is 11.2. The number of hydrogen-bond donors (Lipinski definition) is 0. The van der Waals surface area contributed by atoms with E-state index in [1.54, 1.807) is 0 Å². The highest BCUT2D eigenvalue weighted by Crippen LogP contribution is 2.15. The van der Waals surface area contributed by atoms with Crippen molar-refractivity contribution in [3.05, 3.63) is 28.0 Å². The Kier molecular flexibility index (Phi) is 10.6. The summed E-state index contributed by atoms with van der Waals surface area (Å²) in [5.41, 5.74) is 0. The number of unbranched alkanes of at least 4 members (excludes halogenated alkanes) is 4. The summed E-state index contributed by atoms with van der Waals surface area (Å²) in [6.45, 7) is 8.65. The van der Waals surface area contributed by atoms with Crippen molar-refractivity contribution in [2.45, 2.75) is 59.8 Å². The van der Waals surface area contributed by atoms with Gasteiger partial charge in [-0.3, -0.25) is 0 Å². The van der Waals surface area contributed by atoms with Gasteiger partial charge in [0.05, 0.1) is 0 Å². The zero-order valence-corrected chi connectivity index (χ0v) is 12.1. The van der Waals surface area contributed by atoms with Gasteiger partial charge in [-0.05, 0) is 32.1 Å². The standard InChI is InChI=1S/C8H10S.C7H16/c1-3-4-8-6-5-7(2)9-8;1-3-5-7-6-4-2/h3-6H,1-2H3;3-7H2,1-2H3/b4-3+;. The number of allylic oxidation sites excluding steroid dienone is 1. The predicted octanol–water partition coefficient (Wildman–Crippen LogP) is 6.07. The van der Waals surface area contributed by atoms with Crippen LogP contribution in [0.15, 0.2) is 18.2 Å². The average molecular weight is 238 g/mol. The summed E-state index contributed by atoms with van der Waals surface area (Å²) in [5, 5.41) is 0. The molecule has 0 atom stereocenters. The summed E-state index contributed by atoms with van der Waals surface area (Å²) in [4.78, 5) is 2.72. The maximum Gasteiger partial charge on any atom is 0.0269 e. The van der Waals surface area contributed by atoms with Gasteiger partial charge in [-0.25, -0.2) is 0 Å². The Labute approximate surface area is 105 Å². The third-order valence-corrected chi connectivity index (χ3v) is 3.27. The molecule has 1 aromatic heterocycles. The van der Waals surface area contributed by atoms with Crippen LogP contribution in [0, 0.1) is 6.92 Å².